The van der Waals surface area contributed by atoms with E-state index in [0.717, 1.165) is 0 Å². The van der Waals surface area contributed by atoms with E-state index in [9.17, 15) is 14.9 Å². The van der Waals surface area contributed by atoms with Crippen LogP contribution in [0.1, 0.15) is 5.56 Å². The van der Waals surface area contributed by atoms with Crippen LogP contribution in [0.25, 0.3) is 11.0 Å². The van der Waals surface area contributed by atoms with E-state index in [2.05, 4.69) is 15.0 Å². The average Bonchev–Trinajstić information content (AvgIpc) is 2.84. The van der Waals surface area contributed by atoms with Gasteiger partial charge in [0, 0.05) is 18.3 Å². The van der Waals surface area contributed by atoms with Crippen molar-refractivity contribution < 1.29 is 4.92 Å². The standard InChI is InChI=1S/C14H10N4O3/c19-14-16-12-5-4-10(7-13(12)17-14)15-8-9-2-1-3-11(6-9)18(20)21/h1-8H,(H2,16,17,19). The second-order valence-electron chi connectivity index (χ2n) is 4.42. The van der Waals surface area contributed by atoms with E-state index < -0.39 is 4.92 Å². The second kappa shape index (κ2) is 5.04. The summed E-state index contributed by atoms with van der Waals surface area (Å²) < 4.78 is 0. The fourth-order valence-corrected chi connectivity index (χ4v) is 1.97. The molecule has 0 aliphatic carbocycles. The smallest absolute Gasteiger partial charge is 0.306 e. The van der Waals surface area contributed by atoms with Gasteiger partial charge in [-0.15, -0.1) is 0 Å². The largest absolute Gasteiger partial charge is 0.323 e. The Morgan fingerprint density at radius 3 is 2.71 bits per heavy atom. The molecule has 7 nitrogen and oxygen atoms in total. The predicted molar refractivity (Wildman–Crippen MR) is 79.3 cm³/mol. The minimum atomic E-state index is -0.450. The minimum absolute atomic E-state index is 0.0179. The van der Waals surface area contributed by atoms with E-state index in [0.29, 0.717) is 22.3 Å². The first kappa shape index (κ1) is 12.8. The van der Waals surface area contributed by atoms with E-state index in [1.807, 2.05) is 0 Å². The van der Waals surface area contributed by atoms with Gasteiger partial charge in [-0.05, 0) is 23.8 Å². The van der Waals surface area contributed by atoms with Gasteiger partial charge in [0.1, 0.15) is 0 Å². The number of imidazole rings is 1. The van der Waals surface area contributed by atoms with Gasteiger partial charge in [0.2, 0.25) is 0 Å². The van der Waals surface area contributed by atoms with Crippen LogP contribution in [-0.4, -0.2) is 21.1 Å². The Balaban J connectivity index is 1.91. The molecule has 0 saturated heterocycles. The molecule has 3 aromatic rings. The van der Waals surface area contributed by atoms with Crippen LogP contribution in [0.2, 0.25) is 0 Å². The van der Waals surface area contributed by atoms with Crippen molar-refractivity contribution in [3.05, 3.63) is 68.6 Å². The summed E-state index contributed by atoms with van der Waals surface area (Å²) in [6, 6.07) is 11.4. The minimum Gasteiger partial charge on any atom is -0.306 e. The van der Waals surface area contributed by atoms with Crippen molar-refractivity contribution in [2.45, 2.75) is 0 Å². The quantitative estimate of drug-likeness (QED) is 0.438. The number of rotatable bonds is 3. The molecule has 21 heavy (non-hydrogen) atoms. The molecule has 0 fully saturated rings. The fraction of sp³-hybridized carbons (Fsp3) is 0. The van der Waals surface area contributed by atoms with Gasteiger partial charge in [-0.2, -0.15) is 0 Å². The van der Waals surface area contributed by atoms with Crippen molar-refractivity contribution >= 4 is 28.6 Å². The molecule has 0 radical (unpaired) electrons. The Morgan fingerprint density at radius 2 is 1.90 bits per heavy atom. The normalized spacial score (nSPS) is 11.2. The van der Waals surface area contributed by atoms with E-state index in [-0.39, 0.29) is 11.4 Å². The number of fused-ring (bicyclic) bond motifs is 1. The summed E-state index contributed by atoms with van der Waals surface area (Å²) >= 11 is 0. The van der Waals surface area contributed by atoms with Gasteiger partial charge < -0.3 is 9.97 Å². The topological polar surface area (TPSA) is 104 Å². The lowest BCUT2D eigenvalue weighted by atomic mass is 10.2. The number of nitrogens with zero attached hydrogens (tertiary/aromatic N) is 2. The first-order valence-corrected chi connectivity index (χ1v) is 6.12. The van der Waals surface area contributed by atoms with E-state index >= 15 is 0 Å². The number of hydrogen-bond acceptors (Lipinski definition) is 4. The van der Waals surface area contributed by atoms with Gasteiger partial charge in [0.15, 0.2) is 0 Å². The summed E-state index contributed by atoms with van der Waals surface area (Å²) in [5.41, 5.74) is 2.38. The molecule has 2 N–H and O–H groups in total. The Morgan fingerprint density at radius 1 is 1.10 bits per heavy atom. The number of benzene rings is 2. The van der Waals surface area contributed by atoms with Gasteiger partial charge in [0.05, 0.1) is 21.6 Å². The Labute approximate surface area is 118 Å². The molecule has 0 bridgehead atoms. The summed E-state index contributed by atoms with van der Waals surface area (Å²) in [5.74, 6) is 0. The van der Waals surface area contributed by atoms with E-state index in [1.165, 1.54) is 12.1 Å². The van der Waals surface area contributed by atoms with Gasteiger partial charge >= 0.3 is 5.69 Å². The first-order chi connectivity index (χ1) is 10.1. The number of aromatic nitrogens is 2. The highest BCUT2D eigenvalue weighted by Gasteiger charge is 2.04. The lowest BCUT2D eigenvalue weighted by Crippen LogP contribution is -1.99. The molecule has 1 aromatic heterocycles. The molecule has 1 heterocycles. The highest BCUT2D eigenvalue weighted by Crippen LogP contribution is 2.18. The molecule has 7 heteroatoms. The van der Waals surface area contributed by atoms with Crippen LogP contribution in [0.4, 0.5) is 11.4 Å². The molecular formula is C14H10N4O3. The van der Waals surface area contributed by atoms with Crippen LogP contribution in [0.15, 0.2) is 52.3 Å². The molecule has 0 aliphatic rings. The number of nitro benzene ring substituents is 1. The number of hydrogen-bond donors (Lipinski definition) is 2. The fourth-order valence-electron chi connectivity index (χ4n) is 1.97. The van der Waals surface area contributed by atoms with Crippen LogP contribution in [0.5, 0.6) is 0 Å². The molecule has 0 aliphatic heterocycles. The Kier molecular flexibility index (Phi) is 3.07. The Bertz CT molecular complexity index is 908. The summed E-state index contributed by atoms with van der Waals surface area (Å²) in [7, 11) is 0. The third kappa shape index (κ3) is 2.71. The third-order valence-electron chi connectivity index (χ3n) is 2.94. The Hall–Kier alpha value is -3.22. The SMILES string of the molecule is O=c1[nH]c2ccc(N=Cc3cccc([N+](=O)[O-])c3)cc2[nH]1. The molecule has 3 rings (SSSR count). The number of aliphatic imine (C=N–C) groups is 1. The maximum Gasteiger partial charge on any atom is 0.323 e. The van der Waals surface area contributed by atoms with Gasteiger partial charge in [-0.25, -0.2) is 4.79 Å². The lowest BCUT2D eigenvalue weighted by Gasteiger charge is -1.96. The second-order valence-corrected chi connectivity index (χ2v) is 4.42. The van der Waals surface area contributed by atoms with Gasteiger partial charge in [-0.1, -0.05) is 12.1 Å². The summed E-state index contributed by atoms with van der Waals surface area (Å²) in [4.78, 5) is 31.0. The van der Waals surface area contributed by atoms with Crippen LogP contribution in [-0.2, 0) is 0 Å². The number of H-pyrrole nitrogens is 2. The molecule has 0 unspecified atom stereocenters. The van der Waals surface area contributed by atoms with Crippen molar-refractivity contribution in [1.82, 2.24) is 9.97 Å². The van der Waals surface area contributed by atoms with Crippen molar-refractivity contribution in [3.8, 4) is 0 Å². The summed E-state index contributed by atoms with van der Waals surface area (Å²) in [6.07, 6.45) is 1.54. The number of nitro groups is 1. The maximum atomic E-state index is 11.2. The first-order valence-electron chi connectivity index (χ1n) is 6.12. The maximum absolute atomic E-state index is 11.2. The van der Waals surface area contributed by atoms with E-state index in [1.54, 1.807) is 36.5 Å². The van der Waals surface area contributed by atoms with Crippen LogP contribution in [0, 0.1) is 10.1 Å². The molecule has 0 atom stereocenters. The zero-order valence-electron chi connectivity index (χ0n) is 10.7. The molecular weight excluding hydrogens is 272 g/mol. The average molecular weight is 282 g/mol. The van der Waals surface area contributed by atoms with Crippen molar-refractivity contribution in [1.29, 1.82) is 0 Å². The molecule has 104 valence electrons. The molecule has 0 amide bonds. The number of aromatic amines is 2. The predicted octanol–water partition coefficient (Wildman–Crippen LogP) is 2.51. The molecule has 0 saturated carbocycles. The third-order valence-corrected chi connectivity index (χ3v) is 2.94. The number of non-ortho nitro benzene ring substituents is 1. The van der Waals surface area contributed by atoms with E-state index in [4.69, 9.17) is 0 Å². The van der Waals surface area contributed by atoms with Crippen LogP contribution in [0.3, 0.4) is 0 Å². The zero-order valence-corrected chi connectivity index (χ0v) is 10.7. The monoisotopic (exact) mass is 282 g/mol. The van der Waals surface area contributed by atoms with Gasteiger partial charge in [0.25, 0.3) is 5.69 Å². The highest BCUT2D eigenvalue weighted by molar-refractivity contribution is 5.85. The van der Waals surface area contributed by atoms with Crippen molar-refractivity contribution in [3.63, 3.8) is 0 Å². The van der Waals surface area contributed by atoms with Crippen LogP contribution < -0.4 is 5.69 Å². The number of nitrogens with one attached hydrogen (secondary N) is 2. The summed E-state index contributed by atoms with van der Waals surface area (Å²) in [5, 5.41) is 10.7. The van der Waals surface area contributed by atoms with Crippen molar-refractivity contribution in [2.24, 2.45) is 4.99 Å². The lowest BCUT2D eigenvalue weighted by molar-refractivity contribution is -0.384. The summed E-state index contributed by atoms with van der Waals surface area (Å²) in [6.45, 7) is 0. The molecule has 0 spiro atoms. The van der Waals surface area contributed by atoms with Gasteiger partial charge in [-0.3, -0.25) is 15.1 Å². The van der Waals surface area contributed by atoms with Crippen molar-refractivity contribution in [2.75, 3.05) is 0 Å². The highest BCUT2D eigenvalue weighted by atomic mass is 16.6. The van der Waals surface area contributed by atoms with Crippen LogP contribution >= 0.6 is 0 Å². The molecule has 2 aromatic carbocycles. The zero-order chi connectivity index (χ0) is 14.8.